The molecule has 2 heterocycles. The summed E-state index contributed by atoms with van der Waals surface area (Å²) in [5.41, 5.74) is 1.00. The number of nitrogens with zero attached hydrogens (tertiary/aromatic N) is 1. The summed E-state index contributed by atoms with van der Waals surface area (Å²) in [5, 5.41) is 3.24. The fourth-order valence-electron chi connectivity index (χ4n) is 2.42. The van der Waals surface area contributed by atoms with E-state index in [0.717, 1.165) is 30.8 Å². The smallest absolute Gasteiger partial charge is 0.140 e. The molecule has 0 amide bonds. The molecular formula is C14H22N2O2. The van der Waals surface area contributed by atoms with Crippen molar-refractivity contribution in [1.82, 2.24) is 4.98 Å². The molecule has 1 aromatic rings. The molecule has 0 bridgehead atoms. The highest BCUT2D eigenvalue weighted by Gasteiger charge is 2.25. The number of hydrogen-bond donors (Lipinski definition) is 1. The van der Waals surface area contributed by atoms with E-state index in [1.807, 2.05) is 12.3 Å². The number of ether oxygens (including phenoxy) is 2. The number of nitrogens with one attached hydrogen (secondary N) is 1. The Kier molecular flexibility index (Phi) is 4.42. The number of aromatic nitrogens is 1. The van der Waals surface area contributed by atoms with E-state index in [4.69, 9.17) is 9.47 Å². The van der Waals surface area contributed by atoms with Gasteiger partial charge in [0.25, 0.3) is 0 Å². The third-order valence-electron chi connectivity index (χ3n) is 3.05. The van der Waals surface area contributed by atoms with Gasteiger partial charge in [0, 0.05) is 25.5 Å². The second kappa shape index (κ2) is 6.05. The largest absolute Gasteiger partial charge is 0.489 e. The van der Waals surface area contributed by atoms with Crippen LogP contribution in [0.1, 0.15) is 33.6 Å². The Bertz CT molecular complexity index is 374. The van der Waals surface area contributed by atoms with Crippen LogP contribution < -0.4 is 10.1 Å². The number of anilines is 1. The average Bonchev–Trinajstić information content (AvgIpc) is 2.28. The minimum atomic E-state index is 0.224. The summed E-state index contributed by atoms with van der Waals surface area (Å²) in [5.74, 6) is 0.833. The second-order valence-corrected chi connectivity index (χ2v) is 4.91. The predicted molar refractivity (Wildman–Crippen MR) is 72.1 cm³/mol. The molecule has 4 heteroatoms. The molecular weight excluding hydrogens is 228 g/mol. The Labute approximate surface area is 109 Å². The molecule has 4 nitrogen and oxygen atoms in total. The van der Waals surface area contributed by atoms with Crippen LogP contribution in [0, 0.1) is 0 Å². The molecule has 1 aromatic heterocycles. The molecule has 100 valence electrons. The van der Waals surface area contributed by atoms with Gasteiger partial charge < -0.3 is 14.8 Å². The average molecular weight is 250 g/mol. The van der Waals surface area contributed by atoms with Crippen molar-refractivity contribution in [3.8, 4) is 5.75 Å². The fraction of sp³-hybridized carbons (Fsp3) is 0.643. The molecule has 2 unspecified atom stereocenters. The van der Waals surface area contributed by atoms with Crippen LogP contribution in [0.3, 0.4) is 0 Å². The lowest BCUT2D eigenvalue weighted by atomic mass is 10.0. The summed E-state index contributed by atoms with van der Waals surface area (Å²) >= 11 is 0. The van der Waals surface area contributed by atoms with Gasteiger partial charge in [0.2, 0.25) is 0 Å². The molecule has 0 radical (unpaired) electrons. The van der Waals surface area contributed by atoms with Gasteiger partial charge in [0.1, 0.15) is 11.9 Å². The summed E-state index contributed by atoms with van der Waals surface area (Å²) in [6.07, 6.45) is 6.22. The summed E-state index contributed by atoms with van der Waals surface area (Å²) < 4.78 is 11.7. The van der Waals surface area contributed by atoms with Crippen LogP contribution in [0.5, 0.6) is 5.75 Å². The van der Waals surface area contributed by atoms with Crippen LogP contribution in [0.4, 0.5) is 5.69 Å². The van der Waals surface area contributed by atoms with Crippen molar-refractivity contribution in [2.45, 2.75) is 51.9 Å². The Morgan fingerprint density at radius 1 is 1.33 bits per heavy atom. The zero-order valence-corrected chi connectivity index (χ0v) is 11.3. The standard InChI is InChI=1S/C14H22N2O2/c1-4-16-12-7-14(9-15-8-12)18-13-5-10(2)17-11(3)6-13/h7-11,13,16H,4-6H2,1-3H3. The SMILES string of the molecule is CCNc1cncc(OC2CC(C)OC(C)C2)c1. The van der Waals surface area contributed by atoms with E-state index < -0.39 is 0 Å². The highest BCUT2D eigenvalue weighted by Crippen LogP contribution is 2.25. The van der Waals surface area contributed by atoms with E-state index in [2.05, 4.69) is 31.1 Å². The normalized spacial score (nSPS) is 27.8. The molecule has 1 saturated heterocycles. The van der Waals surface area contributed by atoms with Gasteiger partial charge in [0.05, 0.1) is 30.3 Å². The Balaban J connectivity index is 1.97. The van der Waals surface area contributed by atoms with Gasteiger partial charge in [-0.25, -0.2) is 0 Å². The van der Waals surface area contributed by atoms with E-state index in [1.165, 1.54) is 0 Å². The minimum absolute atomic E-state index is 0.224. The summed E-state index contributed by atoms with van der Waals surface area (Å²) in [6.45, 7) is 7.14. The Morgan fingerprint density at radius 3 is 2.72 bits per heavy atom. The maximum absolute atomic E-state index is 6.00. The van der Waals surface area contributed by atoms with Crippen LogP contribution in [0.2, 0.25) is 0 Å². The molecule has 1 aliphatic heterocycles. The lowest BCUT2D eigenvalue weighted by Crippen LogP contribution is -2.35. The summed E-state index contributed by atoms with van der Waals surface area (Å²) in [6, 6.07) is 2.00. The van der Waals surface area contributed by atoms with Crippen molar-refractivity contribution < 1.29 is 9.47 Å². The van der Waals surface area contributed by atoms with Crippen LogP contribution >= 0.6 is 0 Å². The van der Waals surface area contributed by atoms with E-state index in [0.29, 0.717) is 0 Å². The van der Waals surface area contributed by atoms with Gasteiger partial charge >= 0.3 is 0 Å². The van der Waals surface area contributed by atoms with Crippen molar-refractivity contribution in [2.75, 3.05) is 11.9 Å². The van der Waals surface area contributed by atoms with Gasteiger partial charge in [-0.15, -0.1) is 0 Å². The van der Waals surface area contributed by atoms with Crippen molar-refractivity contribution in [3.05, 3.63) is 18.5 Å². The molecule has 0 saturated carbocycles. The highest BCUT2D eigenvalue weighted by molar-refractivity contribution is 5.44. The molecule has 0 aliphatic carbocycles. The zero-order chi connectivity index (χ0) is 13.0. The molecule has 1 fully saturated rings. The topological polar surface area (TPSA) is 43.4 Å². The monoisotopic (exact) mass is 250 g/mol. The maximum Gasteiger partial charge on any atom is 0.140 e. The highest BCUT2D eigenvalue weighted by atomic mass is 16.5. The Hall–Kier alpha value is -1.29. The van der Waals surface area contributed by atoms with E-state index in [9.17, 15) is 0 Å². The lowest BCUT2D eigenvalue weighted by Gasteiger charge is -2.32. The van der Waals surface area contributed by atoms with Crippen molar-refractivity contribution in [1.29, 1.82) is 0 Å². The quantitative estimate of drug-likeness (QED) is 0.892. The fourth-order valence-corrected chi connectivity index (χ4v) is 2.42. The first-order chi connectivity index (χ1) is 8.67. The third kappa shape index (κ3) is 3.60. The predicted octanol–water partition coefficient (Wildman–Crippen LogP) is 2.85. The van der Waals surface area contributed by atoms with Gasteiger partial charge in [-0.3, -0.25) is 4.98 Å². The summed E-state index contributed by atoms with van der Waals surface area (Å²) in [7, 11) is 0. The molecule has 2 atom stereocenters. The van der Waals surface area contributed by atoms with Crippen LogP contribution in [0.25, 0.3) is 0 Å². The Morgan fingerprint density at radius 2 is 2.06 bits per heavy atom. The number of hydrogen-bond acceptors (Lipinski definition) is 4. The minimum Gasteiger partial charge on any atom is -0.489 e. The van der Waals surface area contributed by atoms with E-state index >= 15 is 0 Å². The van der Waals surface area contributed by atoms with Crippen LogP contribution in [-0.4, -0.2) is 29.8 Å². The van der Waals surface area contributed by atoms with Gasteiger partial charge in [-0.2, -0.15) is 0 Å². The molecule has 18 heavy (non-hydrogen) atoms. The van der Waals surface area contributed by atoms with Gasteiger partial charge in [-0.05, 0) is 20.8 Å². The van der Waals surface area contributed by atoms with Crippen molar-refractivity contribution >= 4 is 5.69 Å². The molecule has 0 spiro atoms. The van der Waals surface area contributed by atoms with Crippen molar-refractivity contribution in [3.63, 3.8) is 0 Å². The third-order valence-corrected chi connectivity index (χ3v) is 3.05. The first kappa shape index (κ1) is 13.1. The molecule has 2 rings (SSSR count). The van der Waals surface area contributed by atoms with E-state index in [1.54, 1.807) is 6.20 Å². The van der Waals surface area contributed by atoms with Gasteiger partial charge in [-0.1, -0.05) is 0 Å². The van der Waals surface area contributed by atoms with Gasteiger partial charge in [0.15, 0.2) is 0 Å². The molecule has 1 N–H and O–H groups in total. The van der Waals surface area contributed by atoms with Crippen molar-refractivity contribution in [2.24, 2.45) is 0 Å². The molecule has 0 aromatic carbocycles. The lowest BCUT2D eigenvalue weighted by molar-refractivity contribution is -0.0721. The maximum atomic E-state index is 6.00. The first-order valence-corrected chi connectivity index (χ1v) is 6.68. The number of pyridine rings is 1. The second-order valence-electron chi connectivity index (χ2n) is 4.91. The number of rotatable bonds is 4. The summed E-state index contributed by atoms with van der Waals surface area (Å²) in [4.78, 5) is 4.19. The van der Waals surface area contributed by atoms with Crippen LogP contribution in [-0.2, 0) is 4.74 Å². The molecule has 1 aliphatic rings. The first-order valence-electron chi connectivity index (χ1n) is 6.68. The van der Waals surface area contributed by atoms with E-state index in [-0.39, 0.29) is 18.3 Å². The van der Waals surface area contributed by atoms with Crippen LogP contribution in [0.15, 0.2) is 18.5 Å². The zero-order valence-electron chi connectivity index (χ0n) is 11.3.